The van der Waals surface area contributed by atoms with Crippen molar-refractivity contribution in [2.75, 3.05) is 6.61 Å². The predicted octanol–water partition coefficient (Wildman–Crippen LogP) is 3.77. The summed E-state index contributed by atoms with van der Waals surface area (Å²) >= 11 is 3.49. The highest BCUT2D eigenvalue weighted by Gasteiger charge is 2.56. The van der Waals surface area contributed by atoms with E-state index in [2.05, 4.69) is 15.9 Å². The third kappa shape index (κ3) is 4.83. The van der Waals surface area contributed by atoms with Gasteiger partial charge >= 0.3 is 0 Å². The number of aliphatic hydroxyl groups is 1. The van der Waals surface area contributed by atoms with Crippen LogP contribution in [0.25, 0.3) is 0 Å². The van der Waals surface area contributed by atoms with Crippen molar-refractivity contribution in [2.45, 2.75) is 83.6 Å². The lowest BCUT2D eigenvalue weighted by molar-refractivity contribution is -0.230. The monoisotopic (exact) mass is 444 g/mol. The van der Waals surface area contributed by atoms with E-state index in [1.54, 1.807) is 0 Å². The quantitative estimate of drug-likeness (QED) is 0.657. The van der Waals surface area contributed by atoms with Crippen LogP contribution in [-0.4, -0.2) is 48.2 Å². The highest BCUT2D eigenvalue weighted by atomic mass is 79.9. The zero-order valence-electron chi connectivity index (χ0n) is 16.3. The molecule has 0 amide bonds. The molecule has 0 spiro atoms. The molecule has 2 heterocycles. The molecule has 2 aliphatic rings. The van der Waals surface area contributed by atoms with Crippen LogP contribution in [0.4, 0.5) is 0 Å². The van der Waals surface area contributed by atoms with E-state index in [-0.39, 0.29) is 6.10 Å². The molecule has 0 radical (unpaired) electrons. The van der Waals surface area contributed by atoms with Gasteiger partial charge in [-0.1, -0.05) is 19.4 Å². The van der Waals surface area contributed by atoms with Crippen molar-refractivity contribution in [2.24, 2.45) is 0 Å². The third-order valence-corrected chi connectivity index (χ3v) is 5.38. The first-order chi connectivity index (χ1) is 12.8. The lowest BCUT2D eigenvalue weighted by Gasteiger charge is -2.28. The van der Waals surface area contributed by atoms with Gasteiger partial charge in [0.25, 0.3) is 0 Å². The number of rotatable bonds is 8. The van der Waals surface area contributed by atoms with Crippen molar-refractivity contribution < 1.29 is 28.8 Å². The third-order valence-electron chi connectivity index (χ3n) is 4.73. The maximum atomic E-state index is 10.5. The summed E-state index contributed by atoms with van der Waals surface area (Å²) in [5.74, 6) is 0.0560. The van der Waals surface area contributed by atoms with Gasteiger partial charge in [0.2, 0.25) is 0 Å². The van der Waals surface area contributed by atoms with Crippen molar-refractivity contribution in [1.29, 1.82) is 0 Å². The van der Waals surface area contributed by atoms with Gasteiger partial charge < -0.3 is 28.8 Å². The van der Waals surface area contributed by atoms with E-state index in [0.717, 1.165) is 22.2 Å². The summed E-state index contributed by atoms with van der Waals surface area (Å²) in [5, 5.41) is 10.5. The van der Waals surface area contributed by atoms with E-state index in [9.17, 15) is 5.11 Å². The number of benzene rings is 1. The van der Waals surface area contributed by atoms with E-state index >= 15 is 0 Å². The molecule has 6 nitrogen and oxygen atoms in total. The smallest absolute Gasteiger partial charge is 0.190 e. The molecule has 0 unspecified atom stereocenters. The standard InChI is InChI=1S/C20H29BrO6/c1-5-7-14(22)16-17(18-19(25-16)27-20(3,4)26-18)24-11-12-8-9-13(21)15(10-12)23-6-2/h8-10,14,16-19,22H,5-7,11H2,1-4H3/t14-,16-,17+,18-,19-/m1/s1. The minimum absolute atomic E-state index is 0.363. The molecule has 2 saturated heterocycles. The van der Waals surface area contributed by atoms with Crippen molar-refractivity contribution in [3.63, 3.8) is 0 Å². The van der Waals surface area contributed by atoms with Crippen molar-refractivity contribution in [1.82, 2.24) is 0 Å². The average molecular weight is 445 g/mol. The Bertz CT molecular complexity index is 637. The Kier molecular flexibility index (Phi) is 6.82. The molecule has 1 N–H and O–H groups in total. The summed E-state index contributed by atoms with van der Waals surface area (Å²) in [4.78, 5) is 0. The number of hydrogen-bond donors (Lipinski definition) is 1. The second kappa shape index (κ2) is 8.76. The Balaban J connectivity index is 1.72. The van der Waals surface area contributed by atoms with Crippen molar-refractivity contribution in [3.8, 4) is 5.75 Å². The molecule has 3 rings (SSSR count). The van der Waals surface area contributed by atoms with Crippen LogP contribution in [0.3, 0.4) is 0 Å². The lowest BCUT2D eigenvalue weighted by Crippen LogP contribution is -2.42. The van der Waals surface area contributed by atoms with Crippen LogP contribution in [0.15, 0.2) is 22.7 Å². The van der Waals surface area contributed by atoms with Gasteiger partial charge in [0, 0.05) is 0 Å². The summed E-state index contributed by atoms with van der Waals surface area (Å²) in [7, 11) is 0. The number of ether oxygens (including phenoxy) is 5. The average Bonchev–Trinajstić information content (AvgIpc) is 3.08. The molecule has 5 atom stereocenters. The SMILES string of the molecule is CCC[C@@H](O)[C@H]1O[C@@H]2OC(C)(C)O[C@@H]2[C@H]1OCc1ccc(Br)c(OCC)c1. The zero-order valence-corrected chi connectivity index (χ0v) is 17.9. The Morgan fingerprint density at radius 3 is 2.74 bits per heavy atom. The maximum Gasteiger partial charge on any atom is 0.190 e. The molecular weight excluding hydrogens is 416 g/mol. The summed E-state index contributed by atoms with van der Waals surface area (Å²) in [6, 6.07) is 5.88. The van der Waals surface area contributed by atoms with Crippen LogP contribution in [0.5, 0.6) is 5.75 Å². The molecule has 0 aromatic heterocycles. The molecule has 2 aliphatic heterocycles. The zero-order chi connectivity index (χ0) is 19.6. The first-order valence-corrected chi connectivity index (χ1v) is 10.4. The number of halogens is 1. The molecule has 2 fully saturated rings. The Morgan fingerprint density at radius 2 is 2.04 bits per heavy atom. The number of aliphatic hydroxyl groups excluding tert-OH is 1. The van der Waals surface area contributed by atoms with E-state index < -0.39 is 30.4 Å². The lowest BCUT2D eigenvalue weighted by atomic mass is 10.0. The van der Waals surface area contributed by atoms with E-state index in [4.69, 9.17) is 23.7 Å². The highest BCUT2D eigenvalue weighted by molar-refractivity contribution is 9.10. The summed E-state index contributed by atoms with van der Waals surface area (Å²) < 4.78 is 30.5. The molecule has 7 heteroatoms. The summed E-state index contributed by atoms with van der Waals surface area (Å²) in [5.41, 5.74) is 0.979. The fourth-order valence-electron chi connectivity index (χ4n) is 3.56. The molecular formula is C20H29BrO6. The molecule has 0 saturated carbocycles. The molecule has 152 valence electrons. The molecule has 1 aromatic rings. The van der Waals surface area contributed by atoms with Gasteiger partial charge in [-0.2, -0.15) is 0 Å². The largest absolute Gasteiger partial charge is 0.493 e. The fourth-order valence-corrected chi connectivity index (χ4v) is 3.92. The van der Waals surface area contributed by atoms with Crippen molar-refractivity contribution in [3.05, 3.63) is 28.2 Å². The van der Waals surface area contributed by atoms with Crippen LogP contribution < -0.4 is 4.74 Å². The number of hydrogen-bond acceptors (Lipinski definition) is 6. The van der Waals surface area contributed by atoms with Gasteiger partial charge in [0.05, 0.1) is 23.8 Å². The Labute approximate surface area is 169 Å². The topological polar surface area (TPSA) is 66.4 Å². The van der Waals surface area contributed by atoms with Gasteiger partial charge in [-0.3, -0.25) is 0 Å². The van der Waals surface area contributed by atoms with Gasteiger partial charge in [0.1, 0.15) is 24.1 Å². The molecule has 0 aliphatic carbocycles. The summed E-state index contributed by atoms with van der Waals surface area (Å²) in [6.07, 6.45) is -0.884. The maximum absolute atomic E-state index is 10.5. The number of fused-ring (bicyclic) bond motifs is 1. The van der Waals surface area contributed by atoms with Crippen LogP contribution in [0, 0.1) is 0 Å². The van der Waals surface area contributed by atoms with E-state index in [0.29, 0.717) is 19.6 Å². The first kappa shape index (κ1) is 21.0. The first-order valence-electron chi connectivity index (χ1n) is 9.56. The van der Waals surface area contributed by atoms with Gasteiger partial charge in [-0.25, -0.2) is 0 Å². The minimum Gasteiger partial charge on any atom is -0.493 e. The Morgan fingerprint density at radius 1 is 1.26 bits per heavy atom. The van der Waals surface area contributed by atoms with Gasteiger partial charge in [-0.15, -0.1) is 0 Å². The Hall–Kier alpha value is -0.700. The van der Waals surface area contributed by atoms with Crippen molar-refractivity contribution >= 4 is 15.9 Å². The predicted molar refractivity (Wildman–Crippen MR) is 104 cm³/mol. The van der Waals surface area contributed by atoms with Gasteiger partial charge in [0.15, 0.2) is 12.1 Å². The molecule has 1 aromatic carbocycles. The van der Waals surface area contributed by atoms with Crippen LogP contribution >= 0.6 is 15.9 Å². The van der Waals surface area contributed by atoms with Crippen LogP contribution in [0.2, 0.25) is 0 Å². The van der Waals surface area contributed by atoms with E-state index in [1.165, 1.54) is 0 Å². The summed E-state index contributed by atoms with van der Waals surface area (Å²) in [6.45, 7) is 8.64. The normalized spacial score (nSPS) is 30.3. The molecule has 0 bridgehead atoms. The van der Waals surface area contributed by atoms with Crippen LogP contribution in [-0.2, 0) is 25.6 Å². The minimum atomic E-state index is -0.725. The second-order valence-corrected chi connectivity index (χ2v) is 8.25. The van der Waals surface area contributed by atoms with Gasteiger partial charge in [-0.05, 0) is 60.8 Å². The molecule has 27 heavy (non-hydrogen) atoms. The van der Waals surface area contributed by atoms with E-state index in [1.807, 2.05) is 45.9 Å². The van der Waals surface area contributed by atoms with Crippen LogP contribution in [0.1, 0.15) is 46.1 Å². The second-order valence-electron chi connectivity index (χ2n) is 7.40. The highest BCUT2D eigenvalue weighted by Crippen LogP contribution is 2.40. The fraction of sp³-hybridized carbons (Fsp3) is 0.700.